The molecule has 0 radical (unpaired) electrons. The van der Waals surface area contributed by atoms with Crippen LogP contribution in [0.3, 0.4) is 0 Å². The molecule has 0 aliphatic carbocycles. The zero-order valence-electron chi connectivity index (χ0n) is 21.3. The molecule has 1 saturated heterocycles. The molecule has 1 fully saturated rings. The van der Waals surface area contributed by atoms with E-state index in [0.29, 0.717) is 0 Å². The fraction of sp³-hybridized carbons (Fsp3) is 0.708. The maximum atomic E-state index is 12.4. The first-order valence-electron chi connectivity index (χ1n) is 11.9. The second kappa shape index (κ2) is 16.0. The van der Waals surface area contributed by atoms with E-state index in [-0.39, 0.29) is 37.9 Å². The number of rotatable bonds is 14. The van der Waals surface area contributed by atoms with Crippen LogP contribution in [0.1, 0.15) is 59.8 Å². The van der Waals surface area contributed by atoms with Crippen LogP contribution in [0.5, 0.6) is 0 Å². The molecular weight excluding hydrogens is 480 g/mol. The summed E-state index contributed by atoms with van der Waals surface area (Å²) >= 11 is 0. The SMILES string of the molecule is CCC(=O)C[C@H]1[C@H](OC(O)CC)O[C@H](COC(=O)/C=C/C(=O)OC)[C@@H](OC(=O)CC)[C@@H]1OC(=O)CC. The summed E-state index contributed by atoms with van der Waals surface area (Å²) < 4.78 is 32.2. The van der Waals surface area contributed by atoms with Gasteiger partial charge in [-0.05, 0) is 6.42 Å². The molecule has 1 rings (SSSR count). The molecule has 12 heteroatoms. The largest absolute Gasteiger partial charge is 0.466 e. The van der Waals surface area contributed by atoms with Gasteiger partial charge >= 0.3 is 23.9 Å². The number of ether oxygens (including phenoxy) is 6. The average Bonchev–Trinajstić information content (AvgIpc) is 2.88. The monoisotopic (exact) mass is 516 g/mol. The van der Waals surface area contributed by atoms with Crippen molar-refractivity contribution in [2.24, 2.45) is 5.92 Å². The average molecular weight is 517 g/mol. The topological polar surface area (TPSA) is 161 Å². The first-order chi connectivity index (χ1) is 17.1. The van der Waals surface area contributed by atoms with E-state index in [1.807, 2.05) is 0 Å². The Morgan fingerprint density at radius 3 is 2.00 bits per heavy atom. The van der Waals surface area contributed by atoms with Gasteiger partial charge in [0.15, 0.2) is 18.7 Å². The Bertz CT molecular complexity index is 792. The van der Waals surface area contributed by atoms with Gasteiger partial charge in [0, 0.05) is 37.8 Å². The summed E-state index contributed by atoms with van der Waals surface area (Å²) in [6.45, 7) is 5.97. The molecular formula is C24H36O12. The minimum atomic E-state index is -1.27. The first-order valence-corrected chi connectivity index (χ1v) is 11.9. The van der Waals surface area contributed by atoms with Gasteiger partial charge in [0.05, 0.1) is 13.0 Å². The number of ketones is 1. The Kier molecular flexibility index (Phi) is 13.9. The van der Waals surface area contributed by atoms with E-state index >= 15 is 0 Å². The second-order valence-electron chi connectivity index (χ2n) is 7.90. The fourth-order valence-corrected chi connectivity index (χ4v) is 3.28. The van der Waals surface area contributed by atoms with Crippen LogP contribution < -0.4 is 0 Å². The molecule has 0 aromatic rings. The molecule has 12 nitrogen and oxygen atoms in total. The molecule has 0 spiro atoms. The number of aliphatic hydroxyl groups is 1. The summed E-state index contributed by atoms with van der Waals surface area (Å²) in [5, 5.41) is 10.1. The molecule has 0 amide bonds. The van der Waals surface area contributed by atoms with Crippen molar-refractivity contribution in [1.82, 2.24) is 0 Å². The van der Waals surface area contributed by atoms with Crippen LogP contribution in [0, 0.1) is 5.92 Å². The third-order valence-electron chi connectivity index (χ3n) is 5.33. The third kappa shape index (κ3) is 10.0. The van der Waals surface area contributed by atoms with Crippen LogP contribution in [-0.4, -0.2) is 79.4 Å². The van der Waals surface area contributed by atoms with Gasteiger partial charge in [-0.1, -0.05) is 27.7 Å². The lowest BCUT2D eigenvalue weighted by molar-refractivity contribution is -0.322. The number of esters is 4. The van der Waals surface area contributed by atoms with Crippen LogP contribution in [-0.2, 0) is 52.4 Å². The zero-order valence-corrected chi connectivity index (χ0v) is 21.3. The highest BCUT2D eigenvalue weighted by atomic mass is 16.7. The lowest BCUT2D eigenvalue weighted by Crippen LogP contribution is -2.60. The fourth-order valence-electron chi connectivity index (χ4n) is 3.28. The van der Waals surface area contributed by atoms with Crippen molar-refractivity contribution >= 4 is 29.7 Å². The predicted molar refractivity (Wildman–Crippen MR) is 122 cm³/mol. The maximum Gasteiger partial charge on any atom is 0.331 e. The van der Waals surface area contributed by atoms with E-state index in [2.05, 4.69) is 4.74 Å². The quantitative estimate of drug-likeness (QED) is 0.153. The van der Waals surface area contributed by atoms with Crippen molar-refractivity contribution in [3.63, 3.8) is 0 Å². The molecule has 0 saturated carbocycles. The van der Waals surface area contributed by atoms with E-state index in [1.165, 1.54) is 0 Å². The third-order valence-corrected chi connectivity index (χ3v) is 5.33. The first kappa shape index (κ1) is 31.2. The van der Waals surface area contributed by atoms with Crippen LogP contribution >= 0.6 is 0 Å². The van der Waals surface area contributed by atoms with Gasteiger partial charge < -0.3 is 33.5 Å². The lowest BCUT2D eigenvalue weighted by Gasteiger charge is -2.45. The van der Waals surface area contributed by atoms with E-state index in [4.69, 9.17) is 23.7 Å². The normalized spacial score (nSPS) is 24.6. The number of methoxy groups -OCH3 is 1. The van der Waals surface area contributed by atoms with Crippen LogP contribution in [0.25, 0.3) is 0 Å². The smallest absolute Gasteiger partial charge is 0.331 e. The van der Waals surface area contributed by atoms with Crippen molar-refractivity contribution in [1.29, 1.82) is 0 Å². The molecule has 1 aliphatic rings. The molecule has 0 bridgehead atoms. The summed E-state index contributed by atoms with van der Waals surface area (Å²) in [4.78, 5) is 60.2. The number of carbonyl (C=O) groups excluding carboxylic acids is 5. The summed E-state index contributed by atoms with van der Waals surface area (Å²) in [7, 11) is 1.14. The summed E-state index contributed by atoms with van der Waals surface area (Å²) in [5.41, 5.74) is 0. The summed E-state index contributed by atoms with van der Waals surface area (Å²) in [6, 6.07) is 0. The minimum Gasteiger partial charge on any atom is -0.466 e. The van der Waals surface area contributed by atoms with Gasteiger partial charge in [-0.2, -0.15) is 0 Å². The van der Waals surface area contributed by atoms with Gasteiger partial charge in [-0.25, -0.2) is 9.59 Å². The van der Waals surface area contributed by atoms with Crippen molar-refractivity contribution in [2.75, 3.05) is 13.7 Å². The highest BCUT2D eigenvalue weighted by molar-refractivity contribution is 5.91. The molecule has 6 atom stereocenters. The lowest BCUT2D eigenvalue weighted by atomic mass is 9.86. The Morgan fingerprint density at radius 2 is 1.47 bits per heavy atom. The van der Waals surface area contributed by atoms with Gasteiger partial charge in [-0.3, -0.25) is 14.4 Å². The maximum absolute atomic E-state index is 12.4. The highest BCUT2D eigenvalue weighted by Gasteiger charge is 2.51. The molecule has 1 unspecified atom stereocenters. The highest BCUT2D eigenvalue weighted by Crippen LogP contribution is 2.35. The molecule has 36 heavy (non-hydrogen) atoms. The molecule has 0 aromatic heterocycles. The van der Waals surface area contributed by atoms with Crippen molar-refractivity contribution in [3.05, 3.63) is 12.2 Å². The molecule has 0 aromatic carbocycles. The van der Waals surface area contributed by atoms with Crippen molar-refractivity contribution in [2.45, 2.75) is 90.7 Å². The number of carbonyl (C=O) groups is 5. The van der Waals surface area contributed by atoms with E-state index in [1.54, 1.807) is 27.7 Å². The Balaban J connectivity index is 3.36. The van der Waals surface area contributed by atoms with E-state index in [9.17, 15) is 29.1 Å². The Morgan fingerprint density at radius 1 is 0.889 bits per heavy atom. The van der Waals surface area contributed by atoms with E-state index in [0.717, 1.165) is 19.3 Å². The van der Waals surface area contributed by atoms with Gasteiger partial charge in [0.1, 0.15) is 24.6 Å². The van der Waals surface area contributed by atoms with E-state index < -0.39 is 67.3 Å². The Labute approximate surface area is 210 Å². The number of hydrogen-bond donors (Lipinski definition) is 1. The van der Waals surface area contributed by atoms with Gasteiger partial charge in [-0.15, -0.1) is 0 Å². The molecule has 1 aliphatic heterocycles. The van der Waals surface area contributed by atoms with Crippen LogP contribution in [0.4, 0.5) is 0 Å². The van der Waals surface area contributed by atoms with Crippen LogP contribution in [0.2, 0.25) is 0 Å². The van der Waals surface area contributed by atoms with Crippen molar-refractivity contribution in [3.8, 4) is 0 Å². The van der Waals surface area contributed by atoms with Crippen LogP contribution in [0.15, 0.2) is 12.2 Å². The van der Waals surface area contributed by atoms with Gasteiger partial charge in [0.25, 0.3) is 0 Å². The number of aliphatic hydroxyl groups excluding tert-OH is 1. The molecule has 1 heterocycles. The number of Topliss-reactive ketones (excluding diaryl/α,β-unsaturated/α-hetero) is 1. The number of hydrogen-bond acceptors (Lipinski definition) is 12. The zero-order chi connectivity index (χ0) is 27.3. The molecule has 204 valence electrons. The Hall–Kier alpha value is -2.83. The minimum absolute atomic E-state index is 0.00132. The second-order valence-corrected chi connectivity index (χ2v) is 7.90. The standard InChI is InChI=1S/C24H36O12/c1-6-14(25)12-15-22(34-17(26)7-2)23(35-18(27)8-3)16(33-24(15)36-19(28)9-4)13-32-21(30)11-10-20(29)31-5/h10-11,15-16,19,22-24,28H,6-9,12-13H2,1-5H3/b11-10+/t15-,16-,19?,22-,23-,24+/m1/s1. The molecule has 1 N–H and O–H groups in total. The van der Waals surface area contributed by atoms with Crippen molar-refractivity contribution < 1.29 is 57.5 Å². The summed E-state index contributed by atoms with van der Waals surface area (Å²) in [5.74, 6) is -4.07. The summed E-state index contributed by atoms with van der Waals surface area (Å²) in [6.07, 6.45) is -4.23. The predicted octanol–water partition coefficient (Wildman–Crippen LogP) is 1.36. The van der Waals surface area contributed by atoms with Gasteiger partial charge in [0.2, 0.25) is 0 Å².